The van der Waals surface area contributed by atoms with Crippen molar-refractivity contribution >= 4 is 15.9 Å². The topological polar surface area (TPSA) is 0 Å². The molecule has 0 heterocycles. The molecule has 1 aromatic rings. The van der Waals surface area contributed by atoms with Crippen LogP contribution in [0.15, 0.2) is 28.7 Å². The van der Waals surface area contributed by atoms with E-state index in [-0.39, 0.29) is 5.41 Å². The Morgan fingerprint density at radius 2 is 2.21 bits per heavy atom. The number of aryl methyl sites for hydroxylation is 1. The molecule has 0 unspecified atom stereocenters. The Kier molecular flexibility index (Phi) is 2.65. The zero-order chi connectivity index (χ0) is 10.0. The zero-order valence-corrected chi connectivity index (χ0v) is 9.68. The molecule has 0 aliphatic heterocycles. The Morgan fingerprint density at radius 3 is 2.79 bits per heavy atom. The lowest BCUT2D eigenvalue weighted by Gasteiger charge is -2.07. The fourth-order valence-electron chi connectivity index (χ4n) is 1.69. The second-order valence-corrected chi connectivity index (χ2v) is 4.97. The first-order valence-electron chi connectivity index (χ1n) is 4.96. The van der Waals surface area contributed by atoms with Crippen molar-refractivity contribution in [2.24, 2.45) is 5.41 Å². The highest BCUT2D eigenvalue weighted by molar-refractivity contribution is 9.10. The third kappa shape index (κ3) is 2.19. The van der Waals surface area contributed by atoms with Gasteiger partial charge in [0.05, 0.1) is 0 Å². The van der Waals surface area contributed by atoms with Gasteiger partial charge in [-0.1, -0.05) is 34.0 Å². The van der Waals surface area contributed by atoms with E-state index in [1.165, 1.54) is 18.4 Å². The van der Waals surface area contributed by atoms with Gasteiger partial charge in [-0.25, -0.2) is 0 Å². The Morgan fingerprint density at radius 1 is 1.43 bits per heavy atom. The average molecular weight is 249 g/mol. The van der Waals surface area contributed by atoms with Gasteiger partial charge in [0.2, 0.25) is 0 Å². The maximum atomic E-state index is 5.50. The van der Waals surface area contributed by atoms with Crippen molar-refractivity contribution in [3.8, 4) is 12.3 Å². The van der Waals surface area contributed by atoms with Crippen molar-refractivity contribution in [3.63, 3.8) is 0 Å². The molecule has 1 fully saturated rings. The summed E-state index contributed by atoms with van der Waals surface area (Å²) in [4.78, 5) is 0. The van der Waals surface area contributed by atoms with E-state index in [1.54, 1.807) is 0 Å². The van der Waals surface area contributed by atoms with Gasteiger partial charge < -0.3 is 0 Å². The predicted octanol–water partition coefficient (Wildman–Crippen LogP) is 3.80. The van der Waals surface area contributed by atoms with Crippen LogP contribution in [0, 0.1) is 17.8 Å². The third-order valence-electron chi connectivity index (χ3n) is 2.94. The summed E-state index contributed by atoms with van der Waals surface area (Å²) >= 11 is 3.47. The van der Waals surface area contributed by atoms with Crippen LogP contribution in [0.2, 0.25) is 0 Å². The van der Waals surface area contributed by atoms with Crippen molar-refractivity contribution in [2.75, 3.05) is 0 Å². The summed E-state index contributed by atoms with van der Waals surface area (Å²) < 4.78 is 1.15. The summed E-state index contributed by atoms with van der Waals surface area (Å²) in [7, 11) is 0. The van der Waals surface area contributed by atoms with Crippen molar-refractivity contribution in [1.82, 2.24) is 0 Å². The largest absolute Gasteiger partial charge is 0.120 e. The summed E-state index contributed by atoms with van der Waals surface area (Å²) in [6.45, 7) is 0. The highest BCUT2D eigenvalue weighted by Gasteiger charge is 2.39. The lowest BCUT2D eigenvalue weighted by atomic mass is 9.98. The van der Waals surface area contributed by atoms with E-state index in [1.807, 2.05) is 0 Å². The van der Waals surface area contributed by atoms with Crippen LogP contribution in [-0.2, 0) is 6.42 Å². The lowest BCUT2D eigenvalue weighted by Crippen LogP contribution is -1.98. The minimum absolute atomic E-state index is 0.252. The van der Waals surface area contributed by atoms with E-state index in [4.69, 9.17) is 6.42 Å². The number of halogens is 1. The fraction of sp³-hybridized carbons (Fsp3) is 0.385. The molecule has 0 bridgehead atoms. The first kappa shape index (κ1) is 9.80. The Hall–Kier alpha value is -0.740. The highest BCUT2D eigenvalue weighted by Crippen LogP contribution is 2.48. The van der Waals surface area contributed by atoms with Gasteiger partial charge in [0.1, 0.15) is 0 Å². The number of hydrogen-bond acceptors (Lipinski definition) is 0. The van der Waals surface area contributed by atoms with Crippen molar-refractivity contribution in [3.05, 3.63) is 34.3 Å². The van der Waals surface area contributed by atoms with Crippen LogP contribution >= 0.6 is 15.9 Å². The molecule has 2 rings (SSSR count). The van der Waals surface area contributed by atoms with Crippen LogP contribution in [0.1, 0.15) is 24.8 Å². The third-order valence-corrected chi connectivity index (χ3v) is 3.43. The first-order valence-corrected chi connectivity index (χ1v) is 5.76. The Balaban J connectivity index is 1.96. The van der Waals surface area contributed by atoms with Crippen molar-refractivity contribution < 1.29 is 0 Å². The predicted molar refractivity (Wildman–Crippen MR) is 63.0 cm³/mol. The molecule has 0 amide bonds. The Labute approximate surface area is 93.8 Å². The second kappa shape index (κ2) is 3.79. The maximum Gasteiger partial charge on any atom is 0.0316 e. The molecule has 0 N–H and O–H groups in total. The molecule has 1 heteroatoms. The minimum atomic E-state index is 0.252. The molecular weight excluding hydrogens is 236 g/mol. The molecule has 0 atom stereocenters. The molecule has 1 aliphatic carbocycles. The van der Waals surface area contributed by atoms with Crippen LogP contribution in [-0.4, -0.2) is 0 Å². The summed E-state index contributed by atoms with van der Waals surface area (Å²) in [5.41, 5.74) is 1.63. The van der Waals surface area contributed by atoms with E-state index in [2.05, 4.69) is 46.1 Å². The molecule has 72 valence electrons. The molecule has 0 saturated heterocycles. The van der Waals surface area contributed by atoms with Gasteiger partial charge in [-0.2, -0.15) is 0 Å². The molecular formula is C13H13Br. The molecule has 0 aromatic heterocycles. The lowest BCUT2D eigenvalue weighted by molar-refractivity contribution is 0.605. The number of benzene rings is 1. The van der Waals surface area contributed by atoms with Crippen LogP contribution in [0.4, 0.5) is 0 Å². The van der Waals surface area contributed by atoms with Gasteiger partial charge in [0.25, 0.3) is 0 Å². The summed E-state index contributed by atoms with van der Waals surface area (Å²) in [6.07, 6.45) is 10.2. The fourth-order valence-corrected chi connectivity index (χ4v) is 2.14. The van der Waals surface area contributed by atoms with E-state index in [0.29, 0.717) is 0 Å². The monoisotopic (exact) mass is 248 g/mol. The molecule has 0 radical (unpaired) electrons. The number of hydrogen-bond donors (Lipinski definition) is 0. The SMILES string of the molecule is C#CC1(CCc2cccc(Br)c2)CC1. The van der Waals surface area contributed by atoms with E-state index in [0.717, 1.165) is 17.3 Å². The van der Waals surface area contributed by atoms with Crippen LogP contribution in [0.3, 0.4) is 0 Å². The normalized spacial score (nSPS) is 17.4. The molecule has 14 heavy (non-hydrogen) atoms. The first-order chi connectivity index (χ1) is 6.74. The van der Waals surface area contributed by atoms with Gasteiger partial charge >= 0.3 is 0 Å². The summed E-state index contributed by atoms with van der Waals surface area (Å²) in [5, 5.41) is 0. The van der Waals surface area contributed by atoms with Crippen LogP contribution < -0.4 is 0 Å². The second-order valence-electron chi connectivity index (χ2n) is 4.05. The van der Waals surface area contributed by atoms with Crippen LogP contribution in [0.25, 0.3) is 0 Å². The van der Waals surface area contributed by atoms with Crippen LogP contribution in [0.5, 0.6) is 0 Å². The highest BCUT2D eigenvalue weighted by atomic mass is 79.9. The maximum absolute atomic E-state index is 5.50. The van der Waals surface area contributed by atoms with Gasteiger partial charge in [-0.3, -0.25) is 0 Å². The molecule has 0 spiro atoms. The standard InChI is InChI=1S/C13H13Br/c1-2-13(8-9-13)7-6-11-4-3-5-12(14)10-11/h1,3-5,10H,6-9H2. The van der Waals surface area contributed by atoms with E-state index < -0.39 is 0 Å². The van der Waals surface area contributed by atoms with E-state index in [9.17, 15) is 0 Å². The molecule has 0 nitrogen and oxygen atoms in total. The zero-order valence-electron chi connectivity index (χ0n) is 8.09. The van der Waals surface area contributed by atoms with Gasteiger partial charge in [-0.15, -0.1) is 6.42 Å². The van der Waals surface area contributed by atoms with Crippen molar-refractivity contribution in [2.45, 2.75) is 25.7 Å². The molecule has 1 saturated carbocycles. The quantitative estimate of drug-likeness (QED) is 0.715. The summed E-state index contributed by atoms with van der Waals surface area (Å²) in [6, 6.07) is 8.47. The summed E-state index contributed by atoms with van der Waals surface area (Å²) in [5.74, 6) is 2.93. The van der Waals surface area contributed by atoms with Gasteiger partial charge in [0.15, 0.2) is 0 Å². The molecule has 1 aromatic carbocycles. The number of rotatable bonds is 3. The van der Waals surface area contributed by atoms with E-state index >= 15 is 0 Å². The van der Waals surface area contributed by atoms with Gasteiger partial charge in [-0.05, 0) is 43.4 Å². The Bertz CT molecular complexity index is 369. The minimum Gasteiger partial charge on any atom is -0.120 e. The van der Waals surface area contributed by atoms with Crippen molar-refractivity contribution in [1.29, 1.82) is 0 Å². The van der Waals surface area contributed by atoms with Gasteiger partial charge in [0, 0.05) is 9.89 Å². The smallest absolute Gasteiger partial charge is 0.0316 e. The number of terminal acetylenes is 1. The molecule has 1 aliphatic rings. The average Bonchev–Trinajstić information content (AvgIpc) is 2.96.